The summed E-state index contributed by atoms with van der Waals surface area (Å²) >= 11 is 0. The van der Waals surface area contributed by atoms with E-state index >= 15 is 0 Å². The molecule has 0 aliphatic heterocycles. The summed E-state index contributed by atoms with van der Waals surface area (Å²) in [4.78, 5) is 0. The molecule has 0 heterocycles. The van der Waals surface area contributed by atoms with Crippen molar-refractivity contribution in [3.63, 3.8) is 0 Å². The monoisotopic (exact) mass is 180 g/mol. The molecule has 1 rings (SSSR count). The van der Waals surface area contributed by atoms with Crippen molar-refractivity contribution in [3.05, 3.63) is 22.9 Å². The van der Waals surface area contributed by atoms with E-state index in [4.69, 9.17) is 11.5 Å². The van der Waals surface area contributed by atoms with Gasteiger partial charge in [0.15, 0.2) is 0 Å². The summed E-state index contributed by atoms with van der Waals surface area (Å²) in [5.41, 5.74) is 15.4. The molecule has 1 unspecified atom stereocenters. The maximum atomic E-state index is 6.11. The fourth-order valence-corrected chi connectivity index (χ4v) is 1.92. The van der Waals surface area contributed by atoms with E-state index in [2.05, 4.69) is 26.8 Å². The van der Waals surface area contributed by atoms with Crippen LogP contribution in [-0.4, -0.2) is 5.54 Å². The van der Waals surface area contributed by atoms with Crippen LogP contribution in [0.2, 0.25) is 0 Å². The minimum absolute atomic E-state index is 0.195. The first-order chi connectivity index (χ1) is 6.00. The van der Waals surface area contributed by atoms with Crippen LogP contribution in [0.3, 0.4) is 0 Å². The number of allylic oxidation sites excluding steroid dienone is 1. The van der Waals surface area contributed by atoms with E-state index in [1.165, 1.54) is 11.1 Å². The van der Waals surface area contributed by atoms with E-state index in [0.717, 1.165) is 25.0 Å². The third-order valence-electron chi connectivity index (χ3n) is 2.63. The molecule has 0 radical (unpaired) electrons. The highest BCUT2D eigenvalue weighted by Crippen LogP contribution is 2.30. The van der Waals surface area contributed by atoms with Gasteiger partial charge in [-0.1, -0.05) is 19.9 Å². The summed E-state index contributed by atoms with van der Waals surface area (Å²) < 4.78 is 0. The second kappa shape index (κ2) is 3.54. The quantitative estimate of drug-likeness (QED) is 0.683. The fraction of sp³-hybridized carbons (Fsp3) is 0.636. The highest BCUT2D eigenvalue weighted by molar-refractivity contribution is 5.40. The molecule has 4 N–H and O–H groups in total. The molecule has 13 heavy (non-hydrogen) atoms. The summed E-state index contributed by atoms with van der Waals surface area (Å²) in [6.45, 7) is 6.31. The molecule has 0 bridgehead atoms. The average Bonchev–Trinajstić information content (AvgIpc) is 2.08. The Morgan fingerprint density at radius 1 is 1.38 bits per heavy atom. The maximum Gasteiger partial charge on any atom is 0.0355 e. The van der Waals surface area contributed by atoms with Crippen LogP contribution in [-0.2, 0) is 0 Å². The molecule has 2 nitrogen and oxygen atoms in total. The Kier molecular flexibility index (Phi) is 2.81. The van der Waals surface area contributed by atoms with E-state index < -0.39 is 0 Å². The zero-order valence-corrected chi connectivity index (χ0v) is 8.85. The van der Waals surface area contributed by atoms with Gasteiger partial charge in [-0.3, -0.25) is 0 Å². The van der Waals surface area contributed by atoms with Crippen LogP contribution in [0.1, 0.15) is 40.0 Å². The summed E-state index contributed by atoms with van der Waals surface area (Å²) in [6, 6.07) is 0. The predicted molar refractivity (Wildman–Crippen MR) is 57.1 cm³/mol. The number of hydrogen-bond acceptors (Lipinski definition) is 2. The second-order valence-electron chi connectivity index (χ2n) is 4.08. The van der Waals surface area contributed by atoms with Crippen LogP contribution in [0.5, 0.6) is 0 Å². The number of rotatable bonds is 2. The van der Waals surface area contributed by atoms with Crippen molar-refractivity contribution in [1.82, 2.24) is 0 Å². The second-order valence-corrected chi connectivity index (χ2v) is 4.08. The molecular formula is C11H20N2. The Bertz CT molecular complexity index is 259. The van der Waals surface area contributed by atoms with Crippen molar-refractivity contribution in [1.29, 1.82) is 0 Å². The first-order valence-corrected chi connectivity index (χ1v) is 4.98. The van der Waals surface area contributed by atoms with E-state index in [1.807, 2.05) is 0 Å². The van der Waals surface area contributed by atoms with Crippen molar-refractivity contribution in [2.24, 2.45) is 11.5 Å². The number of hydrogen-bond donors (Lipinski definition) is 2. The van der Waals surface area contributed by atoms with Gasteiger partial charge in [-0.25, -0.2) is 0 Å². The topological polar surface area (TPSA) is 52.0 Å². The van der Waals surface area contributed by atoms with Gasteiger partial charge in [0.2, 0.25) is 0 Å². The normalized spacial score (nSPS) is 29.1. The lowest BCUT2D eigenvalue weighted by atomic mass is 9.82. The van der Waals surface area contributed by atoms with E-state index in [-0.39, 0.29) is 5.54 Å². The molecule has 74 valence electrons. The Morgan fingerprint density at radius 3 is 2.46 bits per heavy atom. The molecule has 2 heteroatoms. The third kappa shape index (κ3) is 2.13. The van der Waals surface area contributed by atoms with E-state index in [0.29, 0.717) is 0 Å². The third-order valence-corrected chi connectivity index (χ3v) is 2.63. The van der Waals surface area contributed by atoms with Gasteiger partial charge in [0.1, 0.15) is 0 Å². The molecule has 1 atom stereocenters. The summed E-state index contributed by atoms with van der Waals surface area (Å²) in [7, 11) is 0. The standard InChI is InChI=1S/C11H20N2/c1-4-8-6-11(3,13)7-9(5-2)10(8)12/h6H,4-5,7,12-13H2,1-3H3. The van der Waals surface area contributed by atoms with Crippen LogP contribution in [0.4, 0.5) is 0 Å². The van der Waals surface area contributed by atoms with Gasteiger partial charge in [0, 0.05) is 11.2 Å². The Hall–Kier alpha value is -0.760. The van der Waals surface area contributed by atoms with Crippen LogP contribution in [0.15, 0.2) is 22.9 Å². The van der Waals surface area contributed by atoms with Crippen molar-refractivity contribution in [2.45, 2.75) is 45.6 Å². The Morgan fingerprint density at radius 2 is 2.00 bits per heavy atom. The smallest absolute Gasteiger partial charge is 0.0355 e. The van der Waals surface area contributed by atoms with Crippen LogP contribution in [0, 0.1) is 0 Å². The van der Waals surface area contributed by atoms with Gasteiger partial charge in [-0.15, -0.1) is 0 Å². The summed E-state index contributed by atoms with van der Waals surface area (Å²) in [5, 5.41) is 0. The van der Waals surface area contributed by atoms with Gasteiger partial charge in [-0.05, 0) is 37.3 Å². The summed E-state index contributed by atoms with van der Waals surface area (Å²) in [5.74, 6) is 0. The zero-order valence-electron chi connectivity index (χ0n) is 8.85. The highest BCUT2D eigenvalue weighted by Gasteiger charge is 2.24. The maximum absolute atomic E-state index is 6.11. The van der Waals surface area contributed by atoms with Gasteiger partial charge in [0.25, 0.3) is 0 Å². The molecule has 1 aliphatic rings. The van der Waals surface area contributed by atoms with Crippen molar-refractivity contribution < 1.29 is 0 Å². The van der Waals surface area contributed by atoms with E-state index in [1.54, 1.807) is 0 Å². The summed E-state index contributed by atoms with van der Waals surface area (Å²) in [6.07, 6.45) is 5.00. The molecule has 0 saturated heterocycles. The van der Waals surface area contributed by atoms with Gasteiger partial charge in [0.05, 0.1) is 0 Å². The van der Waals surface area contributed by atoms with Crippen molar-refractivity contribution in [3.8, 4) is 0 Å². The molecule has 1 aliphatic carbocycles. The lowest BCUT2D eigenvalue weighted by molar-refractivity contribution is 0.550. The molecule has 0 fully saturated rings. The lowest BCUT2D eigenvalue weighted by Crippen LogP contribution is -2.37. The molecular weight excluding hydrogens is 160 g/mol. The van der Waals surface area contributed by atoms with Crippen LogP contribution < -0.4 is 11.5 Å². The molecule has 0 amide bonds. The fourth-order valence-electron chi connectivity index (χ4n) is 1.92. The largest absolute Gasteiger partial charge is 0.399 e. The Balaban J connectivity index is 3.04. The molecule has 0 aromatic carbocycles. The molecule has 0 saturated carbocycles. The minimum atomic E-state index is -0.195. The number of nitrogens with two attached hydrogens (primary N) is 2. The van der Waals surface area contributed by atoms with Crippen LogP contribution in [0.25, 0.3) is 0 Å². The molecule has 0 aromatic heterocycles. The SMILES string of the molecule is CCC1=CC(C)(N)CC(CC)=C1N. The highest BCUT2D eigenvalue weighted by atomic mass is 14.7. The minimum Gasteiger partial charge on any atom is -0.399 e. The molecule has 0 spiro atoms. The lowest BCUT2D eigenvalue weighted by Gasteiger charge is -2.30. The van der Waals surface area contributed by atoms with Gasteiger partial charge < -0.3 is 11.5 Å². The van der Waals surface area contributed by atoms with E-state index in [9.17, 15) is 0 Å². The van der Waals surface area contributed by atoms with Crippen molar-refractivity contribution >= 4 is 0 Å². The van der Waals surface area contributed by atoms with Crippen LogP contribution >= 0.6 is 0 Å². The van der Waals surface area contributed by atoms with Crippen molar-refractivity contribution in [2.75, 3.05) is 0 Å². The zero-order chi connectivity index (χ0) is 10.1. The Labute approximate surface area is 80.7 Å². The predicted octanol–water partition coefficient (Wildman–Crippen LogP) is 2.07. The molecule has 0 aromatic rings. The average molecular weight is 180 g/mol. The van der Waals surface area contributed by atoms with Gasteiger partial charge >= 0.3 is 0 Å². The first kappa shape index (κ1) is 10.3. The van der Waals surface area contributed by atoms with Gasteiger partial charge in [-0.2, -0.15) is 0 Å². The first-order valence-electron chi connectivity index (χ1n) is 4.98.